The molecule has 1 aliphatic heterocycles. The predicted octanol–water partition coefficient (Wildman–Crippen LogP) is 1.01. The van der Waals surface area contributed by atoms with Crippen LogP contribution in [-0.4, -0.2) is 36.4 Å². The van der Waals surface area contributed by atoms with Gasteiger partial charge in [-0.2, -0.15) is 15.3 Å². The topological polar surface area (TPSA) is 106 Å². The Kier molecular flexibility index (Phi) is 5.10. The van der Waals surface area contributed by atoms with Gasteiger partial charge in [-0.05, 0) is 0 Å². The Balaban J connectivity index is 1.87. The van der Waals surface area contributed by atoms with Gasteiger partial charge in [-0.1, -0.05) is 0 Å². The number of amides is 1. The molecule has 2 rings (SSSR count). The highest BCUT2D eigenvalue weighted by atomic mass is 32.2. The molecular formula is C13H16FN5O3S. The fourth-order valence-electron chi connectivity index (χ4n) is 1.93. The second kappa shape index (κ2) is 6.87. The summed E-state index contributed by atoms with van der Waals surface area (Å²) in [4.78, 5) is 11.6. The van der Waals surface area contributed by atoms with Crippen LogP contribution in [0.25, 0.3) is 0 Å². The summed E-state index contributed by atoms with van der Waals surface area (Å²) in [5.41, 5.74) is -0.639. The predicted molar refractivity (Wildman–Crippen MR) is 78.4 cm³/mol. The number of aryl methyl sites for hydroxylation is 1. The normalized spacial score (nSPS) is 15.1. The van der Waals surface area contributed by atoms with Crippen molar-refractivity contribution in [2.24, 2.45) is 10.2 Å². The van der Waals surface area contributed by atoms with Crippen LogP contribution in [0.5, 0.6) is 0 Å². The highest BCUT2D eigenvalue weighted by Crippen LogP contribution is 2.37. The third kappa shape index (κ3) is 4.59. The summed E-state index contributed by atoms with van der Waals surface area (Å²) in [6.07, 6.45) is 8.67. The standard InChI is InChI=1S/C13H16FN5O3S/c1-2-3-5-13(17-18-13)6-4-12(20)16-23(21,22)11-9-15-19(10-11)8-7-14/h1,9-10H,3-8H2,(H,16,20). The van der Waals surface area contributed by atoms with E-state index in [1.807, 2.05) is 4.72 Å². The minimum atomic E-state index is -4.02. The molecule has 0 saturated heterocycles. The smallest absolute Gasteiger partial charge is 0.267 e. The second-order valence-electron chi connectivity index (χ2n) is 5.04. The second-order valence-corrected chi connectivity index (χ2v) is 6.73. The van der Waals surface area contributed by atoms with Gasteiger partial charge < -0.3 is 0 Å². The van der Waals surface area contributed by atoms with Crippen LogP contribution in [0, 0.1) is 12.3 Å². The quantitative estimate of drug-likeness (QED) is 0.677. The molecule has 0 unspecified atom stereocenters. The molecule has 8 nitrogen and oxygen atoms in total. The molecule has 0 radical (unpaired) electrons. The third-order valence-corrected chi connectivity index (χ3v) is 4.61. The number of carbonyl (C=O) groups is 1. The van der Waals surface area contributed by atoms with E-state index in [1.165, 1.54) is 0 Å². The number of alkyl halides is 1. The van der Waals surface area contributed by atoms with Gasteiger partial charge in [0.1, 0.15) is 11.6 Å². The zero-order valence-electron chi connectivity index (χ0n) is 12.3. The molecule has 1 aromatic heterocycles. The maximum atomic E-state index is 12.2. The minimum absolute atomic E-state index is 0.0462. The van der Waals surface area contributed by atoms with Crippen molar-refractivity contribution in [2.75, 3.05) is 6.67 Å². The Morgan fingerprint density at radius 1 is 1.43 bits per heavy atom. The highest BCUT2D eigenvalue weighted by molar-refractivity contribution is 7.90. The summed E-state index contributed by atoms with van der Waals surface area (Å²) in [5, 5.41) is 11.5. The first-order valence-electron chi connectivity index (χ1n) is 6.92. The van der Waals surface area contributed by atoms with Crippen LogP contribution in [0.4, 0.5) is 4.39 Å². The van der Waals surface area contributed by atoms with E-state index < -0.39 is 28.3 Å². The Morgan fingerprint density at radius 2 is 2.17 bits per heavy atom. The molecule has 0 fully saturated rings. The molecule has 0 aliphatic carbocycles. The Hall–Kier alpha value is -2.28. The van der Waals surface area contributed by atoms with Crippen molar-refractivity contribution >= 4 is 15.9 Å². The number of rotatable bonds is 9. The average molecular weight is 341 g/mol. The van der Waals surface area contributed by atoms with E-state index in [4.69, 9.17) is 6.42 Å². The molecule has 1 aliphatic rings. The summed E-state index contributed by atoms with van der Waals surface area (Å²) in [6.45, 7) is -0.718. The summed E-state index contributed by atoms with van der Waals surface area (Å²) in [7, 11) is -4.02. The van der Waals surface area contributed by atoms with Gasteiger partial charge in [-0.15, -0.1) is 12.3 Å². The van der Waals surface area contributed by atoms with E-state index in [1.54, 1.807) is 0 Å². The zero-order valence-corrected chi connectivity index (χ0v) is 13.1. The lowest BCUT2D eigenvalue weighted by molar-refractivity contribution is -0.119. The van der Waals surface area contributed by atoms with E-state index >= 15 is 0 Å². The van der Waals surface area contributed by atoms with E-state index in [9.17, 15) is 17.6 Å². The molecule has 124 valence electrons. The Morgan fingerprint density at radius 3 is 2.78 bits per heavy atom. The molecule has 23 heavy (non-hydrogen) atoms. The summed E-state index contributed by atoms with van der Waals surface area (Å²) < 4.78 is 39.3. The molecule has 0 bridgehead atoms. The number of nitrogens with one attached hydrogen (secondary N) is 1. The van der Waals surface area contributed by atoms with Gasteiger partial charge in [0.25, 0.3) is 10.0 Å². The molecule has 1 amide bonds. The Bertz CT molecular complexity index is 744. The van der Waals surface area contributed by atoms with Gasteiger partial charge in [0.2, 0.25) is 5.91 Å². The van der Waals surface area contributed by atoms with Crippen molar-refractivity contribution in [2.45, 2.75) is 42.8 Å². The molecule has 1 aromatic rings. The molecule has 0 saturated carbocycles. The summed E-state index contributed by atoms with van der Waals surface area (Å²) in [5.74, 6) is 1.81. The molecule has 2 heterocycles. The van der Waals surface area contributed by atoms with Crippen molar-refractivity contribution in [3.63, 3.8) is 0 Å². The number of aromatic nitrogens is 2. The molecule has 0 atom stereocenters. The SMILES string of the molecule is C#CCCC1(CCC(=O)NS(=O)(=O)c2cnn(CCF)c2)N=N1. The Labute approximate surface area is 133 Å². The average Bonchev–Trinajstić information content (AvgIpc) is 3.11. The number of hydrogen-bond donors (Lipinski definition) is 1. The van der Waals surface area contributed by atoms with Crippen LogP contribution in [0.2, 0.25) is 0 Å². The lowest BCUT2D eigenvalue weighted by Gasteiger charge is -2.09. The van der Waals surface area contributed by atoms with Gasteiger partial charge in [-0.3, -0.25) is 9.48 Å². The van der Waals surface area contributed by atoms with Crippen LogP contribution >= 0.6 is 0 Å². The fourth-order valence-corrected chi connectivity index (χ4v) is 2.90. The first-order valence-corrected chi connectivity index (χ1v) is 8.41. The monoisotopic (exact) mass is 341 g/mol. The minimum Gasteiger partial charge on any atom is -0.274 e. The molecule has 1 N–H and O–H groups in total. The first-order chi connectivity index (χ1) is 10.9. The fraction of sp³-hybridized carbons (Fsp3) is 0.538. The van der Waals surface area contributed by atoms with Gasteiger partial charge in [-0.25, -0.2) is 17.5 Å². The van der Waals surface area contributed by atoms with Crippen molar-refractivity contribution < 1.29 is 17.6 Å². The molecule has 0 spiro atoms. The third-order valence-electron chi connectivity index (χ3n) is 3.29. The molecular weight excluding hydrogens is 325 g/mol. The van der Waals surface area contributed by atoms with Crippen molar-refractivity contribution in [3.8, 4) is 12.3 Å². The number of nitrogens with zero attached hydrogens (tertiary/aromatic N) is 4. The lowest BCUT2D eigenvalue weighted by atomic mass is 10.0. The van der Waals surface area contributed by atoms with Crippen LogP contribution in [-0.2, 0) is 21.4 Å². The number of hydrogen-bond acceptors (Lipinski definition) is 6. The molecule has 10 heteroatoms. The van der Waals surface area contributed by atoms with Crippen LogP contribution in [0.1, 0.15) is 25.7 Å². The van der Waals surface area contributed by atoms with Gasteiger partial charge >= 0.3 is 0 Å². The maximum absolute atomic E-state index is 12.2. The van der Waals surface area contributed by atoms with E-state index in [2.05, 4.69) is 21.2 Å². The molecule has 0 aromatic carbocycles. The van der Waals surface area contributed by atoms with Crippen LogP contribution in [0.3, 0.4) is 0 Å². The maximum Gasteiger partial charge on any atom is 0.267 e. The number of terminal acetylenes is 1. The number of carbonyl (C=O) groups excluding carboxylic acids is 1. The van der Waals surface area contributed by atoms with E-state index in [0.717, 1.165) is 17.1 Å². The van der Waals surface area contributed by atoms with E-state index in [0.29, 0.717) is 19.3 Å². The summed E-state index contributed by atoms with van der Waals surface area (Å²) in [6, 6.07) is 0. The highest BCUT2D eigenvalue weighted by Gasteiger charge is 2.39. The summed E-state index contributed by atoms with van der Waals surface area (Å²) >= 11 is 0. The zero-order chi connectivity index (χ0) is 16.9. The number of halogens is 1. The van der Waals surface area contributed by atoms with Crippen LogP contribution in [0.15, 0.2) is 27.5 Å². The lowest BCUT2D eigenvalue weighted by Crippen LogP contribution is -2.31. The van der Waals surface area contributed by atoms with E-state index in [-0.39, 0.29) is 17.9 Å². The largest absolute Gasteiger partial charge is 0.274 e. The van der Waals surface area contributed by atoms with Gasteiger partial charge in [0.05, 0.1) is 12.7 Å². The van der Waals surface area contributed by atoms with Crippen molar-refractivity contribution in [1.82, 2.24) is 14.5 Å². The van der Waals surface area contributed by atoms with Gasteiger partial charge in [0.15, 0.2) is 5.66 Å². The van der Waals surface area contributed by atoms with Crippen LogP contribution < -0.4 is 4.72 Å². The number of sulfonamides is 1. The van der Waals surface area contributed by atoms with Crippen molar-refractivity contribution in [1.29, 1.82) is 0 Å². The first kappa shape index (κ1) is 17.1. The van der Waals surface area contributed by atoms with Gasteiger partial charge in [0, 0.05) is 31.9 Å². The van der Waals surface area contributed by atoms with Crippen molar-refractivity contribution in [3.05, 3.63) is 12.4 Å².